The fourth-order valence-corrected chi connectivity index (χ4v) is 3.39. The Bertz CT molecular complexity index is 848. The summed E-state index contributed by atoms with van der Waals surface area (Å²) in [4.78, 5) is 67.5. The van der Waals surface area contributed by atoms with Crippen LogP contribution in [-0.4, -0.2) is 86.0 Å². The summed E-state index contributed by atoms with van der Waals surface area (Å²) in [6.45, 7) is 3.22. The summed E-state index contributed by atoms with van der Waals surface area (Å²) in [5, 5.41) is 25.7. The van der Waals surface area contributed by atoms with Crippen LogP contribution in [-0.2, 0) is 30.4 Å². The Kier molecular flexibility index (Phi) is 12.1. The normalized spacial score (nSPS) is 14.5. The van der Waals surface area contributed by atoms with E-state index in [-0.39, 0.29) is 6.42 Å². The molecule has 3 amide bonds. The number of H-pyrrole nitrogens is 1. The first kappa shape index (κ1) is 28.9. The minimum Gasteiger partial charge on any atom is -0.481 e. The molecule has 1 aromatic rings. The fraction of sp³-hybridized carbons (Fsp3) is 0.600. The molecule has 0 aliphatic rings. The maximum atomic E-state index is 12.9. The molecule has 0 aliphatic carbocycles. The van der Waals surface area contributed by atoms with Crippen LogP contribution >= 0.6 is 11.8 Å². The van der Waals surface area contributed by atoms with Gasteiger partial charge < -0.3 is 36.9 Å². The van der Waals surface area contributed by atoms with Gasteiger partial charge in [0, 0.05) is 18.3 Å². The summed E-state index contributed by atoms with van der Waals surface area (Å²) in [6, 6.07) is -4.92. The van der Waals surface area contributed by atoms with E-state index in [2.05, 4.69) is 25.9 Å². The molecule has 0 saturated carbocycles. The summed E-state index contributed by atoms with van der Waals surface area (Å²) in [5.74, 6) is -4.85. The summed E-state index contributed by atoms with van der Waals surface area (Å²) < 4.78 is 0. The molecular weight excluding hydrogens is 468 g/mol. The Hall–Kier alpha value is -3.13. The molecule has 0 saturated heterocycles. The van der Waals surface area contributed by atoms with Crippen molar-refractivity contribution in [3.8, 4) is 0 Å². The lowest BCUT2D eigenvalue weighted by atomic mass is 10.0. The van der Waals surface area contributed by atoms with Gasteiger partial charge in [-0.25, -0.2) is 9.78 Å². The number of carbonyl (C=O) groups excluding carboxylic acids is 3. The van der Waals surface area contributed by atoms with Crippen LogP contribution in [0.3, 0.4) is 0 Å². The number of nitrogens with zero attached hydrogens (tertiary/aromatic N) is 1. The standard InChI is InChI=1S/C20H32N6O7S/c1-10(2)16(20(32)33)26-19(31)13(6-11-8-22-9-23-11)25-18(30)14(7-15(27)28)24-17(29)12(21)4-5-34-3/h8-10,12-14,16H,4-7,21H2,1-3H3,(H,22,23)(H,24,29)(H,25,30)(H,26,31)(H,27,28)(H,32,33). The maximum Gasteiger partial charge on any atom is 0.326 e. The van der Waals surface area contributed by atoms with Gasteiger partial charge in [-0.15, -0.1) is 0 Å². The summed E-state index contributed by atoms with van der Waals surface area (Å²) >= 11 is 1.48. The highest BCUT2D eigenvalue weighted by atomic mass is 32.2. The largest absolute Gasteiger partial charge is 0.481 e. The average molecular weight is 501 g/mol. The minimum atomic E-state index is -1.50. The number of thioether (sulfide) groups is 1. The zero-order valence-corrected chi connectivity index (χ0v) is 20.1. The van der Waals surface area contributed by atoms with Gasteiger partial charge in [0.1, 0.15) is 18.1 Å². The van der Waals surface area contributed by atoms with E-state index in [1.807, 2.05) is 6.26 Å². The molecule has 1 rings (SSSR count). The Morgan fingerprint density at radius 3 is 2.18 bits per heavy atom. The molecule has 1 heterocycles. The molecule has 8 N–H and O–H groups in total. The van der Waals surface area contributed by atoms with Gasteiger partial charge >= 0.3 is 11.9 Å². The smallest absolute Gasteiger partial charge is 0.326 e. The second-order valence-corrected chi connectivity index (χ2v) is 8.94. The quantitative estimate of drug-likeness (QED) is 0.151. The summed E-state index contributed by atoms with van der Waals surface area (Å²) in [5.41, 5.74) is 6.27. The van der Waals surface area contributed by atoms with Gasteiger partial charge in [0.2, 0.25) is 17.7 Å². The molecule has 0 spiro atoms. The van der Waals surface area contributed by atoms with Crippen molar-refractivity contribution in [2.75, 3.05) is 12.0 Å². The molecule has 4 unspecified atom stereocenters. The van der Waals surface area contributed by atoms with Gasteiger partial charge in [-0.05, 0) is 24.3 Å². The van der Waals surface area contributed by atoms with Gasteiger partial charge in [-0.3, -0.25) is 19.2 Å². The Morgan fingerprint density at radius 1 is 1.06 bits per heavy atom. The van der Waals surface area contributed by atoms with Crippen molar-refractivity contribution in [3.63, 3.8) is 0 Å². The molecule has 34 heavy (non-hydrogen) atoms. The third-order valence-electron chi connectivity index (χ3n) is 4.82. The van der Waals surface area contributed by atoms with E-state index in [0.717, 1.165) is 0 Å². The van der Waals surface area contributed by atoms with E-state index in [1.165, 1.54) is 24.3 Å². The number of amides is 3. The Balaban J connectivity index is 3.04. The van der Waals surface area contributed by atoms with Crippen molar-refractivity contribution >= 4 is 41.4 Å². The van der Waals surface area contributed by atoms with Crippen LogP contribution in [0.1, 0.15) is 32.4 Å². The lowest BCUT2D eigenvalue weighted by molar-refractivity contribution is -0.144. The van der Waals surface area contributed by atoms with E-state index < -0.39 is 66.2 Å². The summed E-state index contributed by atoms with van der Waals surface area (Å²) in [7, 11) is 0. The molecule has 13 nitrogen and oxygen atoms in total. The third-order valence-corrected chi connectivity index (χ3v) is 5.47. The number of carboxylic acid groups (broad SMARTS) is 2. The van der Waals surface area contributed by atoms with Crippen LogP contribution in [0.5, 0.6) is 0 Å². The number of carboxylic acids is 2. The predicted molar refractivity (Wildman–Crippen MR) is 124 cm³/mol. The molecule has 0 radical (unpaired) electrons. The lowest BCUT2D eigenvalue weighted by Gasteiger charge is -2.25. The zero-order valence-electron chi connectivity index (χ0n) is 19.2. The lowest BCUT2D eigenvalue weighted by Crippen LogP contribution is -2.58. The molecular formula is C20H32N6O7S. The van der Waals surface area contributed by atoms with E-state index in [1.54, 1.807) is 13.8 Å². The van der Waals surface area contributed by atoms with E-state index in [0.29, 0.717) is 17.9 Å². The number of rotatable bonds is 15. The number of nitrogens with two attached hydrogens (primary N) is 1. The highest BCUT2D eigenvalue weighted by Gasteiger charge is 2.32. The van der Waals surface area contributed by atoms with Crippen molar-refractivity contribution in [1.82, 2.24) is 25.9 Å². The van der Waals surface area contributed by atoms with Gasteiger partial charge in [-0.1, -0.05) is 13.8 Å². The molecule has 0 fully saturated rings. The van der Waals surface area contributed by atoms with Crippen molar-refractivity contribution in [1.29, 1.82) is 0 Å². The van der Waals surface area contributed by atoms with Gasteiger partial charge in [0.25, 0.3) is 0 Å². The molecule has 4 atom stereocenters. The Morgan fingerprint density at radius 2 is 1.68 bits per heavy atom. The first-order valence-corrected chi connectivity index (χ1v) is 11.9. The van der Waals surface area contributed by atoms with Crippen LogP contribution in [0.15, 0.2) is 12.5 Å². The van der Waals surface area contributed by atoms with Crippen molar-refractivity contribution < 1.29 is 34.2 Å². The van der Waals surface area contributed by atoms with Crippen molar-refractivity contribution in [2.45, 2.75) is 57.3 Å². The number of aromatic amines is 1. The zero-order chi connectivity index (χ0) is 25.8. The van der Waals surface area contributed by atoms with Crippen LogP contribution in [0, 0.1) is 5.92 Å². The molecule has 190 valence electrons. The third kappa shape index (κ3) is 9.79. The highest BCUT2D eigenvalue weighted by Crippen LogP contribution is 2.06. The van der Waals surface area contributed by atoms with Crippen LogP contribution in [0.2, 0.25) is 0 Å². The van der Waals surface area contributed by atoms with Gasteiger partial charge in [-0.2, -0.15) is 11.8 Å². The SMILES string of the molecule is CSCCC(N)C(=O)NC(CC(=O)O)C(=O)NC(Cc1cnc[nH]1)C(=O)NC(C(=O)O)C(C)C. The van der Waals surface area contributed by atoms with E-state index >= 15 is 0 Å². The number of aliphatic carboxylic acids is 2. The number of hydrogen-bond donors (Lipinski definition) is 7. The number of carbonyl (C=O) groups is 5. The predicted octanol–water partition coefficient (Wildman–Crippen LogP) is -1.30. The molecule has 14 heteroatoms. The first-order chi connectivity index (χ1) is 16.0. The first-order valence-electron chi connectivity index (χ1n) is 10.5. The summed E-state index contributed by atoms with van der Waals surface area (Å²) in [6.07, 6.45) is 4.13. The topological polar surface area (TPSA) is 217 Å². The average Bonchev–Trinajstić information content (AvgIpc) is 3.26. The van der Waals surface area contributed by atoms with Crippen LogP contribution in [0.4, 0.5) is 0 Å². The second kappa shape index (κ2) is 14.2. The van der Waals surface area contributed by atoms with Crippen LogP contribution in [0.25, 0.3) is 0 Å². The Labute approximate surface area is 201 Å². The molecule has 0 aromatic carbocycles. The molecule has 1 aromatic heterocycles. The minimum absolute atomic E-state index is 0.0804. The fourth-order valence-electron chi connectivity index (χ4n) is 2.90. The number of nitrogens with one attached hydrogen (secondary N) is 4. The van der Waals surface area contributed by atoms with Crippen molar-refractivity contribution in [3.05, 3.63) is 18.2 Å². The highest BCUT2D eigenvalue weighted by molar-refractivity contribution is 7.98. The monoisotopic (exact) mass is 500 g/mol. The maximum absolute atomic E-state index is 12.9. The van der Waals surface area contributed by atoms with Gasteiger partial charge in [0.05, 0.1) is 18.8 Å². The van der Waals surface area contributed by atoms with Crippen molar-refractivity contribution in [2.24, 2.45) is 11.7 Å². The van der Waals surface area contributed by atoms with E-state index in [4.69, 9.17) is 5.73 Å². The van der Waals surface area contributed by atoms with E-state index in [9.17, 15) is 34.2 Å². The number of imidazole rings is 1. The molecule has 0 aliphatic heterocycles. The number of aromatic nitrogens is 2. The molecule has 0 bridgehead atoms. The van der Waals surface area contributed by atoms with Gasteiger partial charge in [0.15, 0.2) is 0 Å². The second-order valence-electron chi connectivity index (χ2n) is 7.96. The van der Waals surface area contributed by atoms with Crippen LogP contribution < -0.4 is 21.7 Å². The number of hydrogen-bond acceptors (Lipinski definition) is 8.